The molecular weight excluding hydrogens is 228 g/mol. The number of ether oxygens (including phenoxy) is 1. The molecule has 0 atom stereocenters. The maximum atomic E-state index is 11.5. The number of hydrogen-bond donors (Lipinski definition) is 1. The Morgan fingerprint density at radius 1 is 1.44 bits per heavy atom. The predicted octanol–water partition coefficient (Wildman–Crippen LogP) is 1.44. The number of benzene rings is 1. The lowest BCUT2D eigenvalue weighted by molar-refractivity contribution is -0.128. The average Bonchev–Trinajstić information content (AvgIpc) is 2.37. The molecular formula is C14H22N2O2. The third-order valence-electron chi connectivity index (χ3n) is 2.71. The number of nitrogens with one attached hydrogen (secondary N) is 1. The molecule has 1 N–H and O–H groups in total. The predicted molar refractivity (Wildman–Crippen MR) is 72.9 cm³/mol. The van der Waals surface area contributed by atoms with Crippen molar-refractivity contribution in [1.82, 2.24) is 10.2 Å². The third-order valence-corrected chi connectivity index (χ3v) is 2.71. The number of likely N-dealkylation sites (N-methyl/N-ethyl adjacent to an activating group) is 1. The van der Waals surface area contributed by atoms with E-state index in [0.717, 1.165) is 12.3 Å². The van der Waals surface area contributed by atoms with Crippen LogP contribution in [0.5, 0.6) is 5.75 Å². The molecule has 0 aromatic heterocycles. The van der Waals surface area contributed by atoms with Crippen molar-refractivity contribution in [3.05, 3.63) is 29.8 Å². The van der Waals surface area contributed by atoms with E-state index in [2.05, 4.69) is 5.32 Å². The van der Waals surface area contributed by atoms with E-state index in [-0.39, 0.29) is 5.91 Å². The molecule has 0 spiro atoms. The molecule has 4 nitrogen and oxygen atoms in total. The van der Waals surface area contributed by atoms with Gasteiger partial charge in [0.15, 0.2) is 0 Å². The number of carbonyl (C=O) groups excluding carboxylic acids is 1. The van der Waals surface area contributed by atoms with Crippen LogP contribution in [0.25, 0.3) is 0 Å². The van der Waals surface area contributed by atoms with Gasteiger partial charge in [0.2, 0.25) is 5.91 Å². The molecule has 18 heavy (non-hydrogen) atoms. The zero-order valence-corrected chi connectivity index (χ0v) is 11.4. The molecule has 0 heterocycles. The minimum Gasteiger partial charge on any atom is -0.492 e. The van der Waals surface area contributed by atoms with Crippen molar-refractivity contribution >= 4 is 5.91 Å². The van der Waals surface area contributed by atoms with Crippen LogP contribution in [-0.2, 0) is 4.79 Å². The number of aryl methyl sites for hydroxylation is 1. The summed E-state index contributed by atoms with van der Waals surface area (Å²) in [6.07, 6.45) is 0. The SMILES string of the molecule is CCN(C)C(=O)CNCCOc1cccc(C)c1. The van der Waals surface area contributed by atoms with Gasteiger partial charge in [-0.05, 0) is 31.5 Å². The van der Waals surface area contributed by atoms with Gasteiger partial charge in [-0.3, -0.25) is 4.79 Å². The van der Waals surface area contributed by atoms with E-state index in [9.17, 15) is 4.79 Å². The first kappa shape index (κ1) is 14.5. The molecule has 100 valence electrons. The molecule has 1 rings (SSSR count). The van der Waals surface area contributed by atoms with Gasteiger partial charge in [-0.25, -0.2) is 0 Å². The maximum Gasteiger partial charge on any atom is 0.236 e. The Hall–Kier alpha value is -1.55. The molecule has 1 amide bonds. The number of rotatable bonds is 7. The van der Waals surface area contributed by atoms with Gasteiger partial charge in [0.1, 0.15) is 12.4 Å². The topological polar surface area (TPSA) is 41.6 Å². The smallest absolute Gasteiger partial charge is 0.236 e. The third kappa shape index (κ3) is 5.19. The zero-order chi connectivity index (χ0) is 13.4. The number of amides is 1. The van der Waals surface area contributed by atoms with E-state index in [0.29, 0.717) is 19.7 Å². The lowest BCUT2D eigenvalue weighted by Crippen LogP contribution is -2.36. The normalized spacial score (nSPS) is 10.2. The van der Waals surface area contributed by atoms with Crippen LogP contribution in [0.4, 0.5) is 0 Å². The maximum absolute atomic E-state index is 11.5. The lowest BCUT2D eigenvalue weighted by atomic mass is 10.2. The fourth-order valence-electron chi connectivity index (χ4n) is 1.45. The molecule has 0 saturated carbocycles. The van der Waals surface area contributed by atoms with Crippen LogP contribution in [0.15, 0.2) is 24.3 Å². The first-order chi connectivity index (χ1) is 8.63. The van der Waals surface area contributed by atoms with Crippen LogP contribution in [0, 0.1) is 6.92 Å². The summed E-state index contributed by atoms with van der Waals surface area (Å²) in [5, 5.41) is 3.07. The van der Waals surface area contributed by atoms with Crippen LogP contribution in [0.1, 0.15) is 12.5 Å². The zero-order valence-electron chi connectivity index (χ0n) is 11.4. The van der Waals surface area contributed by atoms with Crippen LogP contribution in [0.2, 0.25) is 0 Å². The molecule has 0 aliphatic rings. The van der Waals surface area contributed by atoms with Gasteiger partial charge in [0, 0.05) is 20.1 Å². The minimum atomic E-state index is 0.105. The van der Waals surface area contributed by atoms with E-state index < -0.39 is 0 Å². The Balaban J connectivity index is 2.14. The first-order valence-electron chi connectivity index (χ1n) is 6.27. The molecule has 0 fully saturated rings. The van der Waals surface area contributed by atoms with E-state index in [1.54, 1.807) is 11.9 Å². The molecule has 0 radical (unpaired) electrons. The Morgan fingerprint density at radius 3 is 2.89 bits per heavy atom. The summed E-state index contributed by atoms with van der Waals surface area (Å²) < 4.78 is 5.57. The summed E-state index contributed by atoms with van der Waals surface area (Å²) >= 11 is 0. The van der Waals surface area contributed by atoms with Crippen molar-refractivity contribution in [3.8, 4) is 5.75 Å². The van der Waals surface area contributed by atoms with E-state index in [1.807, 2.05) is 38.1 Å². The quantitative estimate of drug-likeness (QED) is 0.745. The van der Waals surface area contributed by atoms with Crippen LogP contribution in [-0.4, -0.2) is 44.1 Å². The molecule has 0 aliphatic carbocycles. The summed E-state index contributed by atoms with van der Waals surface area (Å²) in [5.41, 5.74) is 1.18. The average molecular weight is 250 g/mol. The van der Waals surface area contributed by atoms with Gasteiger partial charge in [-0.1, -0.05) is 12.1 Å². The van der Waals surface area contributed by atoms with Crippen molar-refractivity contribution in [2.75, 3.05) is 33.3 Å². The minimum absolute atomic E-state index is 0.105. The number of carbonyl (C=O) groups is 1. The van der Waals surface area contributed by atoms with Gasteiger partial charge in [0.25, 0.3) is 0 Å². The van der Waals surface area contributed by atoms with Crippen molar-refractivity contribution in [2.24, 2.45) is 0 Å². The number of hydrogen-bond acceptors (Lipinski definition) is 3. The molecule has 0 saturated heterocycles. The second-order valence-electron chi connectivity index (χ2n) is 4.25. The highest BCUT2D eigenvalue weighted by atomic mass is 16.5. The van der Waals surface area contributed by atoms with E-state index in [1.165, 1.54) is 5.56 Å². The molecule has 4 heteroatoms. The Kier molecular flexibility index (Phi) is 6.22. The highest BCUT2D eigenvalue weighted by Crippen LogP contribution is 2.11. The Labute approximate surface area is 109 Å². The molecule has 1 aromatic rings. The van der Waals surface area contributed by atoms with Gasteiger partial charge in [-0.2, -0.15) is 0 Å². The van der Waals surface area contributed by atoms with Gasteiger partial charge >= 0.3 is 0 Å². The van der Waals surface area contributed by atoms with Gasteiger partial charge < -0.3 is 15.0 Å². The fraction of sp³-hybridized carbons (Fsp3) is 0.500. The van der Waals surface area contributed by atoms with Crippen LogP contribution < -0.4 is 10.1 Å². The molecule has 0 unspecified atom stereocenters. The van der Waals surface area contributed by atoms with Gasteiger partial charge in [-0.15, -0.1) is 0 Å². The van der Waals surface area contributed by atoms with E-state index in [4.69, 9.17) is 4.74 Å². The largest absolute Gasteiger partial charge is 0.492 e. The monoisotopic (exact) mass is 250 g/mol. The molecule has 0 bridgehead atoms. The summed E-state index contributed by atoms with van der Waals surface area (Å²) in [7, 11) is 1.80. The Morgan fingerprint density at radius 2 is 2.22 bits per heavy atom. The summed E-state index contributed by atoms with van der Waals surface area (Å²) in [5.74, 6) is 0.974. The van der Waals surface area contributed by atoms with Crippen molar-refractivity contribution in [1.29, 1.82) is 0 Å². The summed E-state index contributed by atoms with van der Waals surface area (Å²) in [6, 6.07) is 7.93. The molecule has 1 aromatic carbocycles. The highest BCUT2D eigenvalue weighted by molar-refractivity contribution is 5.77. The van der Waals surface area contributed by atoms with Crippen LogP contribution in [0.3, 0.4) is 0 Å². The standard InChI is InChI=1S/C14H22N2O2/c1-4-16(3)14(17)11-15-8-9-18-13-7-5-6-12(2)10-13/h5-7,10,15H,4,8-9,11H2,1-3H3. The molecule has 0 aliphatic heterocycles. The van der Waals surface area contributed by atoms with Crippen LogP contribution >= 0.6 is 0 Å². The fourth-order valence-corrected chi connectivity index (χ4v) is 1.45. The van der Waals surface area contributed by atoms with Gasteiger partial charge in [0.05, 0.1) is 6.54 Å². The van der Waals surface area contributed by atoms with Crippen molar-refractivity contribution in [2.45, 2.75) is 13.8 Å². The van der Waals surface area contributed by atoms with Crippen molar-refractivity contribution < 1.29 is 9.53 Å². The second-order valence-corrected chi connectivity index (χ2v) is 4.25. The Bertz CT molecular complexity index is 380. The van der Waals surface area contributed by atoms with Crippen molar-refractivity contribution in [3.63, 3.8) is 0 Å². The number of nitrogens with zero attached hydrogens (tertiary/aromatic N) is 1. The summed E-state index contributed by atoms with van der Waals surface area (Å²) in [4.78, 5) is 13.2. The second kappa shape index (κ2) is 7.71. The van der Waals surface area contributed by atoms with E-state index >= 15 is 0 Å². The summed E-state index contributed by atoms with van der Waals surface area (Å²) in [6.45, 7) is 6.31. The lowest BCUT2D eigenvalue weighted by Gasteiger charge is -2.14. The first-order valence-corrected chi connectivity index (χ1v) is 6.27. The highest BCUT2D eigenvalue weighted by Gasteiger charge is 2.04.